The van der Waals surface area contributed by atoms with Crippen molar-refractivity contribution < 1.29 is 9.53 Å². The standard InChI is InChI=1S/C15H24N4O2/c1-9(2)8-21-12-7-5-4-6-11(12)14-13(15(20)17-16)10(3)18-19-14/h4-7,9-10,13-14,18-19H,8,16H2,1-3H3,(H,17,20). The van der Waals surface area contributed by atoms with Crippen molar-refractivity contribution in [3.63, 3.8) is 0 Å². The number of amides is 1. The van der Waals surface area contributed by atoms with Gasteiger partial charge in [0.25, 0.3) is 0 Å². The molecule has 6 heteroatoms. The van der Waals surface area contributed by atoms with E-state index in [9.17, 15) is 4.79 Å². The van der Waals surface area contributed by atoms with E-state index in [0.717, 1.165) is 11.3 Å². The Balaban J connectivity index is 2.26. The van der Waals surface area contributed by atoms with Gasteiger partial charge in [-0.25, -0.2) is 11.3 Å². The minimum Gasteiger partial charge on any atom is -0.493 e. The molecule has 1 aromatic carbocycles. The summed E-state index contributed by atoms with van der Waals surface area (Å²) in [6, 6.07) is 7.59. The summed E-state index contributed by atoms with van der Waals surface area (Å²) in [5.41, 5.74) is 9.48. The Morgan fingerprint density at radius 3 is 2.76 bits per heavy atom. The third-order valence-corrected chi connectivity index (χ3v) is 3.64. The van der Waals surface area contributed by atoms with E-state index in [0.29, 0.717) is 12.5 Å². The summed E-state index contributed by atoms with van der Waals surface area (Å²) in [6.07, 6.45) is 0. The Hall–Kier alpha value is -1.63. The van der Waals surface area contributed by atoms with Crippen LogP contribution in [0.2, 0.25) is 0 Å². The third kappa shape index (κ3) is 3.53. The van der Waals surface area contributed by atoms with Crippen LogP contribution in [-0.4, -0.2) is 18.6 Å². The van der Waals surface area contributed by atoms with Gasteiger partial charge in [0.2, 0.25) is 5.91 Å². The molecule has 0 bridgehead atoms. The Bertz CT molecular complexity index is 492. The fraction of sp³-hybridized carbons (Fsp3) is 0.533. The van der Waals surface area contributed by atoms with Crippen LogP contribution in [0.1, 0.15) is 32.4 Å². The summed E-state index contributed by atoms with van der Waals surface area (Å²) in [7, 11) is 0. The van der Waals surface area contributed by atoms with Gasteiger partial charge in [-0.05, 0) is 18.9 Å². The summed E-state index contributed by atoms with van der Waals surface area (Å²) in [5.74, 6) is 6.06. The molecule has 116 valence electrons. The van der Waals surface area contributed by atoms with Crippen molar-refractivity contribution in [1.82, 2.24) is 16.3 Å². The van der Waals surface area contributed by atoms with Crippen LogP contribution in [0.5, 0.6) is 5.75 Å². The van der Waals surface area contributed by atoms with Crippen molar-refractivity contribution in [2.45, 2.75) is 32.9 Å². The monoisotopic (exact) mass is 292 g/mol. The lowest BCUT2D eigenvalue weighted by atomic mass is 9.89. The molecule has 1 aliphatic heterocycles. The fourth-order valence-corrected chi connectivity index (χ4v) is 2.56. The zero-order chi connectivity index (χ0) is 15.4. The van der Waals surface area contributed by atoms with Crippen molar-refractivity contribution >= 4 is 5.91 Å². The largest absolute Gasteiger partial charge is 0.493 e. The molecule has 5 N–H and O–H groups in total. The first-order valence-corrected chi connectivity index (χ1v) is 7.27. The molecule has 0 spiro atoms. The van der Waals surface area contributed by atoms with Crippen LogP contribution in [0.3, 0.4) is 0 Å². The van der Waals surface area contributed by atoms with Crippen molar-refractivity contribution in [1.29, 1.82) is 0 Å². The average molecular weight is 292 g/mol. The zero-order valence-corrected chi connectivity index (χ0v) is 12.7. The summed E-state index contributed by atoms with van der Waals surface area (Å²) in [4.78, 5) is 12.0. The van der Waals surface area contributed by atoms with Crippen LogP contribution in [0.25, 0.3) is 0 Å². The predicted octanol–water partition coefficient (Wildman–Crippen LogP) is 0.865. The van der Waals surface area contributed by atoms with Crippen LogP contribution in [0.15, 0.2) is 24.3 Å². The highest BCUT2D eigenvalue weighted by Crippen LogP contribution is 2.34. The number of rotatable bonds is 5. The molecule has 21 heavy (non-hydrogen) atoms. The first-order chi connectivity index (χ1) is 10.0. The van der Waals surface area contributed by atoms with E-state index >= 15 is 0 Å². The van der Waals surface area contributed by atoms with Crippen molar-refractivity contribution in [2.24, 2.45) is 17.7 Å². The molecular weight excluding hydrogens is 268 g/mol. The fourth-order valence-electron chi connectivity index (χ4n) is 2.56. The summed E-state index contributed by atoms with van der Waals surface area (Å²) in [5, 5.41) is 0. The van der Waals surface area contributed by atoms with E-state index in [-0.39, 0.29) is 23.9 Å². The molecule has 1 aliphatic rings. The van der Waals surface area contributed by atoms with E-state index in [1.807, 2.05) is 31.2 Å². The Kier molecular flexibility index (Phi) is 5.17. The first-order valence-electron chi connectivity index (χ1n) is 7.27. The molecule has 0 aromatic heterocycles. The van der Waals surface area contributed by atoms with Gasteiger partial charge in [-0.15, -0.1) is 0 Å². The molecule has 1 saturated heterocycles. The first kappa shape index (κ1) is 15.8. The van der Waals surface area contributed by atoms with Crippen LogP contribution in [-0.2, 0) is 4.79 Å². The SMILES string of the molecule is CC(C)COc1ccccc1C1NNC(C)C1C(=O)NN. The number of carbonyl (C=O) groups excluding carboxylic acids is 1. The zero-order valence-electron chi connectivity index (χ0n) is 12.7. The minimum atomic E-state index is -0.293. The smallest absolute Gasteiger partial charge is 0.240 e. The molecule has 1 fully saturated rings. The number of nitrogens with one attached hydrogen (secondary N) is 3. The lowest BCUT2D eigenvalue weighted by Gasteiger charge is -2.22. The van der Waals surface area contributed by atoms with Crippen LogP contribution in [0, 0.1) is 11.8 Å². The Morgan fingerprint density at radius 1 is 1.38 bits per heavy atom. The number of hydrogen-bond acceptors (Lipinski definition) is 5. The number of nitrogens with two attached hydrogens (primary N) is 1. The maximum Gasteiger partial charge on any atom is 0.240 e. The lowest BCUT2D eigenvalue weighted by Crippen LogP contribution is -2.41. The van der Waals surface area contributed by atoms with Crippen molar-refractivity contribution in [3.8, 4) is 5.75 Å². The molecule has 3 unspecified atom stereocenters. The van der Waals surface area contributed by atoms with Gasteiger partial charge in [-0.1, -0.05) is 32.0 Å². The number of ether oxygens (including phenoxy) is 1. The van der Waals surface area contributed by atoms with Crippen molar-refractivity contribution in [2.75, 3.05) is 6.61 Å². The molecule has 3 atom stereocenters. The molecule has 1 amide bonds. The number of hydrogen-bond donors (Lipinski definition) is 4. The molecule has 1 aromatic rings. The Morgan fingerprint density at radius 2 is 2.10 bits per heavy atom. The van der Waals surface area contributed by atoms with Gasteiger partial charge in [0, 0.05) is 11.6 Å². The molecule has 0 aliphatic carbocycles. The van der Waals surface area contributed by atoms with Crippen LogP contribution in [0.4, 0.5) is 0 Å². The number of carbonyl (C=O) groups is 1. The van der Waals surface area contributed by atoms with E-state index < -0.39 is 0 Å². The number of para-hydroxylation sites is 1. The summed E-state index contributed by atoms with van der Waals surface area (Å²) in [6.45, 7) is 6.79. The van der Waals surface area contributed by atoms with E-state index in [1.54, 1.807) is 0 Å². The van der Waals surface area contributed by atoms with Gasteiger partial charge in [-0.2, -0.15) is 0 Å². The van der Waals surface area contributed by atoms with Gasteiger partial charge in [0.05, 0.1) is 18.6 Å². The quantitative estimate of drug-likeness (QED) is 0.367. The summed E-state index contributed by atoms with van der Waals surface area (Å²) >= 11 is 0. The Labute approximate surface area is 125 Å². The van der Waals surface area contributed by atoms with Gasteiger partial charge in [0.1, 0.15) is 5.75 Å². The van der Waals surface area contributed by atoms with Crippen LogP contribution >= 0.6 is 0 Å². The highest BCUT2D eigenvalue weighted by atomic mass is 16.5. The predicted molar refractivity (Wildman–Crippen MR) is 81.1 cm³/mol. The molecular formula is C15H24N4O2. The molecule has 0 saturated carbocycles. The normalized spacial score (nSPS) is 25.1. The van der Waals surface area contributed by atoms with E-state index in [1.165, 1.54) is 0 Å². The van der Waals surface area contributed by atoms with E-state index in [4.69, 9.17) is 10.6 Å². The number of benzene rings is 1. The highest BCUT2D eigenvalue weighted by molar-refractivity contribution is 5.80. The molecule has 2 rings (SSSR count). The van der Waals surface area contributed by atoms with Crippen molar-refractivity contribution in [3.05, 3.63) is 29.8 Å². The van der Waals surface area contributed by atoms with Gasteiger partial charge < -0.3 is 4.74 Å². The minimum absolute atomic E-state index is 0.0169. The highest BCUT2D eigenvalue weighted by Gasteiger charge is 2.40. The third-order valence-electron chi connectivity index (χ3n) is 3.64. The average Bonchev–Trinajstić information content (AvgIpc) is 2.86. The molecule has 1 heterocycles. The maximum atomic E-state index is 12.0. The second-order valence-corrected chi connectivity index (χ2v) is 5.83. The molecule has 0 radical (unpaired) electrons. The van der Waals surface area contributed by atoms with Gasteiger partial charge in [0.15, 0.2) is 0 Å². The second-order valence-electron chi connectivity index (χ2n) is 5.83. The molecule has 6 nitrogen and oxygen atoms in total. The summed E-state index contributed by atoms with van der Waals surface area (Å²) < 4.78 is 5.88. The maximum absolute atomic E-state index is 12.0. The number of hydrazine groups is 2. The van der Waals surface area contributed by atoms with E-state index in [2.05, 4.69) is 30.1 Å². The van der Waals surface area contributed by atoms with Gasteiger partial charge in [-0.3, -0.25) is 15.6 Å². The van der Waals surface area contributed by atoms with Gasteiger partial charge >= 0.3 is 0 Å². The second kappa shape index (κ2) is 6.89. The topological polar surface area (TPSA) is 88.4 Å². The van der Waals surface area contributed by atoms with Crippen LogP contribution < -0.4 is 26.9 Å². The lowest BCUT2D eigenvalue weighted by molar-refractivity contribution is -0.125.